The highest BCUT2D eigenvalue weighted by Gasteiger charge is 2.17. The van der Waals surface area contributed by atoms with Crippen molar-refractivity contribution in [2.45, 2.75) is 12.5 Å². The van der Waals surface area contributed by atoms with Crippen LogP contribution in [0.3, 0.4) is 0 Å². The second-order valence-corrected chi connectivity index (χ2v) is 3.80. The zero-order valence-electron chi connectivity index (χ0n) is 10.0. The summed E-state index contributed by atoms with van der Waals surface area (Å²) in [5.74, 6) is -0.0521. The first-order valence-corrected chi connectivity index (χ1v) is 5.30. The van der Waals surface area contributed by atoms with E-state index in [4.69, 9.17) is 5.73 Å². The molecule has 1 aromatic carbocycles. The van der Waals surface area contributed by atoms with E-state index in [2.05, 4.69) is 6.58 Å². The number of nitrogens with two attached hydrogens (primary N) is 1. The monoisotopic (exact) mass is 254 g/mol. The Morgan fingerprint density at radius 3 is 2.59 bits per heavy atom. The van der Waals surface area contributed by atoms with Crippen LogP contribution >= 0.6 is 12.4 Å². The maximum Gasteiger partial charge on any atom is 0.239 e. The number of carbonyl (C=O) groups excluding carboxylic acids is 1. The van der Waals surface area contributed by atoms with Crippen LogP contribution in [-0.4, -0.2) is 30.4 Å². The van der Waals surface area contributed by atoms with Crippen molar-refractivity contribution in [1.82, 2.24) is 4.90 Å². The molecule has 0 aliphatic heterocycles. The molecule has 94 valence electrons. The summed E-state index contributed by atoms with van der Waals surface area (Å²) < 4.78 is 0. The molecule has 0 spiro atoms. The number of carbonyl (C=O) groups is 1. The van der Waals surface area contributed by atoms with Crippen LogP contribution < -0.4 is 5.73 Å². The predicted molar refractivity (Wildman–Crippen MR) is 73.2 cm³/mol. The minimum atomic E-state index is -0.479. The SMILES string of the molecule is C=CCN(C)C(=O)C(N)Cc1ccccc1.Cl. The van der Waals surface area contributed by atoms with Gasteiger partial charge in [-0.25, -0.2) is 0 Å². The number of nitrogens with zero attached hydrogens (tertiary/aromatic N) is 1. The average molecular weight is 255 g/mol. The Morgan fingerprint density at radius 2 is 2.06 bits per heavy atom. The number of rotatable bonds is 5. The van der Waals surface area contributed by atoms with Gasteiger partial charge in [-0.05, 0) is 12.0 Å². The molecule has 0 bridgehead atoms. The second kappa shape index (κ2) is 7.87. The van der Waals surface area contributed by atoms with Gasteiger partial charge in [0, 0.05) is 13.6 Å². The van der Waals surface area contributed by atoms with Gasteiger partial charge in [-0.3, -0.25) is 4.79 Å². The number of halogens is 1. The standard InChI is InChI=1S/C13H18N2O.ClH/c1-3-9-15(2)13(16)12(14)10-11-7-5-4-6-8-11;/h3-8,12H,1,9-10,14H2,2H3;1H. The molecule has 1 amide bonds. The molecule has 1 aromatic rings. The van der Waals surface area contributed by atoms with Gasteiger partial charge in [-0.15, -0.1) is 19.0 Å². The minimum Gasteiger partial charge on any atom is -0.341 e. The van der Waals surface area contributed by atoms with E-state index in [9.17, 15) is 4.79 Å². The summed E-state index contributed by atoms with van der Waals surface area (Å²) in [4.78, 5) is 13.4. The van der Waals surface area contributed by atoms with Crippen LogP contribution in [0.25, 0.3) is 0 Å². The van der Waals surface area contributed by atoms with Crippen molar-refractivity contribution in [3.05, 3.63) is 48.6 Å². The maximum absolute atomic E-state index is 11.8. The van der Waals surface area contributed by atoms with Gasteiger partial charge >= 0.3 is 0 Å². The second-order valence-electron chi connectivity index (χ2n) is 3.80. The van der Waals surface area contributed by atoms with E-state index >= 15 is 0 Å². The Labute approximate surface area is 109 Å². The molecule has 0 aliphatic carbocycles. The number of benzene rings is 1. The van der Waals surface area contributed by atoms with Crippen LogP contribution in [0.2, 0.25) is 0 Å². The Morgan fingerprint density at radius 1 is 1.47 bits per heavy atom. The number of hydrogen-bond acceptors (Lipinski definition) is 2. The Bertz CT molecular complexity index is 354. The Hall–Kier alpha value is -1.32. The van der Waals surface area contributed by atoms with Crippen molar-refractivity contribution in [3.8, 4) is 0 Å². The number of hydrogen-bond donors (Lipinski definition) is 1. The van der Waals surface area contributed by atoms with E-state index in [1.807, 2.05) is 30.3 Å². The molecule has 4 heteroatoms. The van der Waals surface area contributed by atoms with Crippen molar-refractivity contribution in [2.24, 2.45) is 5.73 Å². The summed E-state index contributed by atoms with van der Waals surface area (Å²) in [6.07, 6.45) is 2.26. The smallest absolute Gasteiger partial charge is 0.239 e. The first-order valence-electron chi connectivity index (χ1n) is 5.30. The number of likely N-dealkylation sites (N-methyl/N-ethyl adjacent to an activating group) is 1. The Kier molecular flexibility index (Phi) is 7.26. The van der Waals surface area contributed by atoms with Gasteiger partial charge in [-0.2, -0.15) is 0 Å². The molecule has 0 heterocycles. The van der Waals surface area contributed by atoms with Crippen LogP contribution in [0.15, 0.2) is 43.0 Å². The van der Waals surface area contributed by atoms with Crippen molar-refractivity contribution in [3.63, 3.8) is 0 Å². The normalized spacial score (nSPS) is 11.2. The van der Waals surface area contributed by atoms with Gasteiger partial charge in [0.25, 0.3) is 0 Å². The van der Waals surface area contributed by atoms with Crippen LogP contribution in [0.4, 0.5) is 0 Å². The molecule has 1 unspecified atom stereocenters. The molecule has 1 rings (SSSR count). The van der Waals surface area contributed by atoms with Crippen LogP contribution in [-0.2, 0) is 11.2 Å². The molecule has 0 fully saturated rings. The zero-order chi connectivity index (χ0) is 12.0. The molecule has 0 saturated heterocycles. The van der Waals surface area contributed by atoms with Crippen molar-refractivity contribution in [2.75, 3.05) is 13.6 Å². The van der Waals surface area contributed by atoms with E-state index in [1.54, 1.807) is 18.0 Å². The topological polar surface area (TPSA) is 46.3 Å². The molecule has 0 aromatic heterocycles. The van der Waals surface area contributed by atoms with E-state index in [0.29, 0.717) is 13.0 Å². The highest BCUT2D eigenvalue weighted by Crippen LogP contribution is 2.03. The first kappa shape index (κ1) is 15.7. The zero-order valence-corrected chi connectivity index (χ0v) is 10.8. The van der Waals surface area contributed by atoms with Gasteiger partial charge in [0.05, 0.1) is 6.04 Å². The van der Waals surface area contributed by atoms with Gasteiger partial charge in [0.15, 0.2) is 0 Å². The van der Waals surface area contributed by atoms with Crippen LogP contribution in [0.1, 0.15) is 5.56 Å². The van der Waals surface area contributed by atoms with Crippen LogP contribution in [0, 0.1) is 0 Å². The highest BCUT2D eigenvalue weighted by molar-refractivity contribution is 5.85. The maximum atomic E-state index is 11.8. The molecule has 1 atom stereocenters. The number of amides is 1. The quantitative estimate of drug-likeness (QED) is 0.812. The van der Waals surface area contributed by atoms with Gasteiger partial charge in [0.2, 0.25) is 5.91 Å². The van der Waals surface area contributed by atoms with Gasteiger partial charge in [-0.1, -0.05) is 36.4 Å². The average Bonchev–Trinajstić information content (AvgIpc) is 2.29. The third-order valence-corrected chi connectivity index (χ3v) is 2.39. The van der Waals surface area contributed by atoms with Crippen LogP contribution in [0.5, 0.6) is 0 Å². The van der Waals surface area contributed by atoms with Gasteiger partial charge in [0.1, 0.15) is 0 Å². The predicted octanol–water partition coefficient (Wildman–Crippen LogP) is 1.62. The third-order valence-electron chi connectivity index (χ3n) is 2.39. The van der Waals surface area contributed by atoms with E-state index in [1.165, 1.54) is 0 Å². The minimum absolute atomic E-state index is 0. The van der Waals surface area contributed by atoms with E-state index in [-0.39, 0.29) is 18.3 Å². The van der Waals surface area contributed by atoms with E-state index in [0.717, 1.165) is 5.56 Å². The summed E-state index contributed by atoms with van der Waals surface area (Å²) in [7, 11) is 1.73. The summed E-state index contributed by atoms with van der Waals surface area (Å²) in [5, 5.41) is 0. The van der Waals surface area contributed by atoms with Crippen molar-refractivity contribution in [1.29, 1.82) is 0 Å². The summed E-state index contributed by atoms with van der Waals surface area (Å²) in [6, 6.07) is 9.30. The molecule has 3 nitrogen and oxygen atoms in total. The lowest BCUT2D eigenvalue weighted by atomic mass is 10.1. The fraction of sp³-hybridized carbons (Fsp3) is 0.308. The highest BCUT2D eigenvalue weighted by atomic mass is 35.5. The largest absolute Gasteiger partial charge is 0.341 e. The van der Waals surface area contributed by atoms with Crippen molar-refractivity contribution >= 4 is 18.3 Å². The summed E-state index contributed by atoms with van der Waals surface area (Å²) >= 11 is 0. The lowest BCUT2D eigenvalue weighted by Gasteiger charge is -2.19. The molecular weight excluding hydrogens is 236 g/mol. The molecule has 0 aliphatic rings. The summed E-state index contributed by atoms with van der Waals surface area (Å²) in [6.45, 7) is 4.12. The third kappa shape index (κ3) is 5.02. The first-order chi connectivity index (χ1) is 7.65. The fourth-order valence-corrected chi connectivity index (χ4v) is 1.52. The lowest BCUT2D eigenvalue weighted by Crippen LogP contribution is -2.43. The molecule has 2 N–H and O–H groups in total. The fourth-order valence-electron chi connectivity index (χ4n) is 1.52. The molecule has 0 radical (unpaired) electrons. The lowest BCUT2D eigenvalue weighted by molar-refractivity contribution is -0.130. The molecule has 17 heavy (non-hydrogen) atoms. The van der Waals surface area contributed by atoms with Gasteiger partial charge < -0.3 is 10.6 Å². The molecular formula is C13H19ClN2O. The molecule has 0 saturated carbocycles. The summed E-state index contributed by atoms with van der Waals surface area (Å²) in [5.41, 5.74) is 6.93. The van der Waals surface area contributed by atoms with Crippen molar-refractivity contribution < 1.29 is 4.79 Å². The van der Waals surface area contributed by atoms with E-state index < -0.39 is 6.04 Å². The Balaban J connectivity index is 0.00000256.